The number of imidazole rings is 1. The van der Waals surface area contributed by atoms with Crippen molar-refractivity contribution in [3.8, 4) is 16.8 Å². The molecule has 5 rings (SSSR count). The van der Waals surface area contributed by atoms with E-state index in [0.29, 0.717) is 55.2 Å². The molecule has 2 amide bonds. The molecule has 0 aliphatic heterocycles. The van der Waals surface area contributed by atoms with Gasteiger partial charge in [0.1, 0.15) is 0 Å². The number of hydrogen-bond donors (Lipinski definition) is 2. The number of amides is 2. The van der Waals surface area contributed by atoms with Gasteiger partial charge in [-0.1, -0.05) is 42.1 Å². The topological polar surface area (TPSA) is 120 Å². The van der Waals surface area contributed by atoms with Crippen LogP contribution in [0.1, 0.15) is 61.5 Å². The highest BCUT2D eigenvalue weighted by Crippen LogP contribution is 2.23. The van der Waals surface area contributed by atoms with Crippen LogP contribution in [-0.4, -0.2) is 43.3 Å². The predicted molar refractivity (Wildman–Crippen MR) is 150 cm³/mol. The Hall–Kier alpha value is -4.73. The molecule has 0 saturated heterocycles. The van der Waals surface area contributed by atoms with E-state index in [1.54, 1.807) is 30.6 Å². The van der Waals surface area contributed by atoms with Crippen molar-refractivity contribution in [3.05, 3.63) is 84.4 Å². The Morgan fingerprint density at radius 2 is 1.82 bits per heavy atom. The summed E-state index contributed by atoms with van der Waals surface area (Å²) in [6.07, 6.45) is 9.93. The van der Waals surface area contributed by atoms with Gasteiger partial charge in [0.05, 0.1) is 18.1 Å². The van der Waals surface area contributed by atoms with E-state index >= 15 is 0 Å². The number of aryl methyl sites for hydroxylation is 1. The smallest absolute Gasteiger partial charge is 0.334 e. The van der Waals surface area contributed by atoms with E-state index in [-0.39, 0.29) is 17.8 Å². The number of rotatable bonds is 12. The van der Waals surface area contributed by atoms with E-state index < -0.39 is 0 Å². The first-order valence-corrected chi connectivity index (χ1v) is 13.6. The van der Waals surface area contributed by atoms with E-state index in [4.69, 9.17) is 4.84 Å². The van der Waals surface area contributed by atoms with Gasteiger partial charge in [-0.15, -0.1) is 5.10 Å². The fourth-order valence-electron chi connectivity index (χ4n) is 4.25. The van der Waals surface area contributed by atoms with E-state index in [0.717, 1.165) is 34.6 Å². The van der Waals surface area contributed by atoms with Gasteiger partial charge in [0.2, 0.25) is 11.9 Å². The average Bonchev–Trinajstić information content (AvgIpc) is 3.49. The second-order valence-electron chi connectivity index (χ2n) is 9.84. The first kappa shape index (κ1) is 26.9. The Morgan fingerprint density at radius 3 is 2.60 bits per heavy atom. The normalized spacial score (nSPS) is 12.6. The minimum atomic E-state index is -0.361. The number of aromatic nitrogens is 4. The maximum Gasteiger partial charge on any atom is 0.334 e. The zero-order valence-corrected chi connectivity index (χ0v) is 22.4. The third-order valence-electron chi connectivity index (χ3n) is 6.46. The molecule has 1 fully saturated rings. The fourth-order valence-corrected chi connectivity index (χ4v) is 4.25. The van der Waals surface area contributed by atoms with Gasteiger partial charge in [-0.25, -0.2) is 9.78 Å². The Labute approximate surface area is 232 Å². The van der Waals surface area contributed by atoms with Crippen molar-refractivity contribution in [2.75, 3.05) is 5.32 Å². The minimum absolute atomic E-state index is 0.0723. The van der Waals surface area contributed by atoms with Crippen LogP contribution in [0.4, 0.5) is 5.95 Å². The molecular formula is C30H32N6O4. The number of nitrogens with zero attached hydrogens (tertiary/aromatic N) is 4. The van der Waals surface area contributed by atoms with Gasteiger partial charge in [-0.3, -0.25) is 19.5 Å². The van der Waals surface area contributed by atoms with Gasteiger partial charge in [0, 0.05) is 41.9 Å². The molecule has 2 aromatic heterocycles. The van der Waals surface area contributed by atoms with Crippen molar-refractivity contribution in [2.24, 2.45) is 0 Å². The van der Waals surface area contributed by atoms with Crippen LogP contribution in [0.2, 0.25) is 0 Å². The number of anilines is 1. The molecule has 1 saturated carbocycles. The molecule has 1 aliphatic rings. The van der Waals surface area contributed by atoms with Crippen molar-refractivity contribution < 1.29 is 19.2 Å². The Balaban J connectivity index is 1.29. The number of benzene rings is 2. The maximum absolute atomic E-state index is 13.3. The molecule has 206 valence electrons. The van der Waals surface area contributed by atoms with E-state index in [2.05, 4.69) is 20.7 Å². The second kappa shape index (κ2) is 12.4. The summed E-state index contributed by atoms with van der Waals surface area (Å²) in [7, 11) is 0. The van der Waals surface area contributed by atoms with Crippen LogP contribution in [0.25, 0.3) is 16.8 Å². The van der Waals surface area contributed by atoms with Crippen molar-refractivity contribution in [1.82, 2.24) is 24.8 Å². The number of carbonyl (C=O) groups excluding carboxylic acids is 3. The quantitative estimate of drug-likeness (QED) is 0.276. The molecule has 2 heterocycles. The summed E-state index contributed by atoms with van der Waals surface area (Å²) in [5.41, 5.74) is 3.55. The van der Waals surface area contributed by atoms with Gasteiger partial charge >= 0.3 is 5.97 Å². The lowest BCUT2D eigenvalue weighted by atomic mass is 10.1. The third-order valence-corrected chi connectivity index (χ3v) is 6.46. The summed E-state index contributed by atoms with van der Waals surface area (Å²) in [5, 5.41) is 10.0. The van der Waals surface area contributed by atoms with Gasteiger partial charge in [0.25, 0.3) is 5.91 Å². The lowest BCUT2D eigenvalue weighted by Crippen LogP contribution is -2.25. The second-order valence-corrected chi connectivity index (χ2v) is 9.84. The molecule has 0 radical (unpaired) electrons. The number of para-hydroxylation sites is 1. The molecule has 40 heavy (non-hydrogen) atoms. The summed E-state index contributed by atoms with van der Waals surface area (Å²) in [6.45, 7) is 1.90. The van der Waals surface area contributed by atoms with Crippen LogP contribution in [0.3, 0.4) is 0 Å². The van der Waals surface area contributed by atoms with Crippen LogP contribution in [0, 0.1) is 0 Å². The predicted octanol–water partition coefficient (Wildman–Crippen LogP) is 4.34. The molecule has 4 aromatic rings. The molecule has 0 spiro atoms. The summed E-state index contributed by atoms with van der Waals surface area (Å²) < 4.78 is 1.84. The largest absolute Gasteiger partial charge is 0.353 e. The molecule has 0 bridgehead atoms. The van der Waals surface area contributed by atoms with Crippen LogP contribution >= 0.6 is 0 Å². The van der Waals surface area contributed by atoms with Crippen LogP contribution in [0.5, 0.6) is 0 Å². The SMILES string of the molecule is CCCC(=O)On1cc(-c2cccc(C(=O)Nc3nc(CCCC(=O)NC4CC4)cn3-c3ccccc3)c2)cn1. The summed E-state index contributed by atoms with van der Waals surface area (Å²) in [4.78, 5) is 48.2. The highest BCUT2D eigenvalue weighted by molar-refractivity contribution is 6.04. The average molecular weight is 541 g/mol. The van der Waals surface area contributed by atoms with Gasteiger partial charge in [-0.2, -0.15) is 0 Å². The minimum Gasteiger partial charge on any atom is -0.353 e. The molecule has 2 N–H and O–H groups in total. The Kier molecular flexibility index (Phi) is 8.34. The van der Waals surface area contributed by atoms with Crippen LogP contribution in [-0.2, 0) is 16.0 Å². The van der Waals surface area contributed by atoms with E-state index in [1.165, 1.54) is 0 Å². The molecular weight excluding hydrogens is 508 g/mol. The fraction of sp³-hybridized carbons (Fsp3) is 0.300. The van der Waals surface area contributed by atoms with Crippen LogP contribution < -0.4 is 15.5 Å². The maximum atomic E-state index is 13.3. The number of nitrogens with one attached hydrogen (secondary N) is 2. The van der Waals surface area contributed by atoms with Crippen molar-refractivity contribution in [3.63, 3.8) is 0 Å². The highest BCUT2D eigenvalue weighted by Gasteiger charge is 2.23. The first-order chi connectivity index (χ1) is 19.5. The molecule has 1 aliphatic carbocycles. The van der Waals surface area contributed by atoms with Crippen LogP contribution in [0.15, 0.2) is 73.2 Å². The Morgan fingerprint density at radius 1 is 1.00 bits per heavy atom. The number of carbonyl (C=O) groups is 3. The summed E-state index contributed by atoms with van der Waals surface area (Å²) in [5.74, 6) is -0.209. The van der Waals surface area contributed by atoms with Gasteiger partial charge in [0.15, 0.2) is 0 Å². The monoisotopic (exact) mass is 540 g/mol. The van der Waals surface area contributed by atoms with Crippen molar-refractivity contribution >= 4 is 23.7 Å². The zero-order valence-electron chi connectivity index (χ0n) is 22.4. The first-order valence-electron chi connectivity index (χ1n) is 13.6. The molecule has 0 atom stereocenters. The van der Waals surface area contributed by atoms with Gasteiger partial charge in [-0.05, 0) is 61.9 Å². The van der Waals surface area contributed by atoms with Gasteiger partial charge < -0.3 is 10.2 Å². The molecule has 10 nitrogen and oxygen atoms in total. The standard InChI is InChI=1S/C30H32N6O4/c1-2-8-28(38)40-36-19-23(18-31-36)21-9-6-10-22(17-21)29(39)34-30-33-25(11-7-14-27(37)32-24-15-16-24)20-35(30)26-12-4-3-5-13-26/h3-6,9-10,12-13,17-20,24H,2,7-8,11,14-16H2,1H3,(H,32,37)(H,33,34,39). The van der Waals surface area contributed by atoms with E-state index in [9.17, 15) is 14.4 Å². The summed E-state index contributed by atoms with van der Waals surface area (Å²) in [6, 6.07) is 17.1. The lowest BCUT2D eigenvalue weighted by molar-refractivity contribution is -0.145. The highest BCUT2D eigenvalue weighted by atomic mass is 16.7. The zero-order chi connectivity index (χ0) is 27.9. The lowest BCUT2D eigenvalue weighted by Gasteiger charge is -2.09. The number of hydrogen-bond acceptors (Lipinski definition) is 6. The van der Waals surface area contributed by atoms with E-state index in [1.807, 2.05) is 54.1 Å². The molecule has 0 unspecified atom stereocenters. The third kappa shape index (κ3) is 7.02. The van der Waals surface area contributed by atoms with Crippen molar-refractivity contribution in [2.45, 2.75) is 57.9 Å². The molecule has 2 aromatic carbocycles. The summed E-state index contributed by atoms with van der Waals surface area (Å²) >= 11 is 0. The molecule has 10 heteroatoms. The Bertz CT molecular complexity index is 1490. The van der Waals surface area contributed by atoms with Crippen molar-refractivity contribution in [1.29, 1.82) is 0 Å².